The second kappa shape index (κ2) is 9.69. The minimum atomic E-state index is -0.504. The van der Waals surface area contributed by atoms with E-state index in [0.29, 0.717) is 43.8 Å². The maximum Gasteiger partial charge on any atom is 0.259 e. The van der Waals surface area contributed by atoms with Crippen molar-refractivity contribution in [2.24, 2.45) is 0 Å². The molecule has 3 heterocycles. The van der Waals surface area contributed by atoms with Crippen molar-refractivity contribution >= 4 is 5.91 Å². The number of hydrogen-bond donors (Lipinski definition) is 1. The molecule has 1 N–H and O–H groups in total. The Labute approximate surface area is 195 Å². The van der Waals surface area contributed by atoms with Gasteiger partial charge in [-0.25, -0.2) is 0 Å². The zero-order valence-electron chi connectivity index (χ0n) is 20.2. The number of nitrogens with zero attached hydrogens (tertiary/aromatic N) is 3. The highest BCUT2D eigenvalue weighted by Crippen LogP contribution is 2.26. The zero-order chi connectivity index (χ0) is 23.7. The first-order chi connectivity index (χ1) is 15.8. The summed E-state index contributed by atoms with van der Waals surface area (Å²) in [7, 11) is 1.50. The number of β-amino-alcohol motifs (C(OH)–C–C–N with tert-alkyl or cyclic N) is 1. The number of carbonyl (C=O) groups is 1. The molecule has 1 atom stereocenters. The summed E-state index contributed by atoms with van der Waals surface area (Å²) in [6.07, 6.45) is 1.57. The van der Waals surface area contributed by atoms with E-state index >= 15 is 0 Å². The van der Waals surface area contributed by atoms with E-state index < -0.39 is 6.10 Å². The summed E-state index contributed by atoms with van der Waals surface area (Å²) < 4.78 is 7.24. The maximum atomic E-state index is 13.5. The van der Waals surface area contributed by atoms with Gasteiger partial charge in [0.2, 0.25) is 0 Å². The third-order valence-corrected chi connectivity index (χ3v) is 7.15. The van der Waals surface area contributed by atoms with E-state index in [1.807, 2.05) is 0 Å². The van der Waals surface area contributed by atoms with Crippen LogP contribution in [0.15, 0.2) is 23.0 Å². The Morgan fingerprint density at radius 1 is 1.06 bits per heavy atom. The van der Waals surface area contributed by atoms with Gasteiger partial charge in [0.05, 0.1) is 13.2 Å². The highest BCUT2D eigenvalue weighted by molar-refractivity contribution is 5.98. The number of aromatic nitrogens is 1. The summed E-state index contributed by atoms with van der Waals surface area (Å²) >= 11 is 0. The number of piperidine rings is 1. The Morgan fingerprint density at radius 3 is 2.55 bits per heavy atom. The second-order valence-electron chi connectivity index (χ2n) is 9.46. The standard InChI is InChI=1S/C26H35N3O4/c1-17-12-19(3)20(13-18(17)2)15-27-9-7-22-25(26(32)28-8-5-6-21(30)16-28)23(33-4)14-24(31)29(22)11-10-27/h12-14,21,30H,5-11,15-16H2,1-4H3. The molecule has 1 saturated heterocycles. The van der Waals surface area contributed by atoms with Crippen LogP contribution in [0.4, 0.5) is 0 Å². The van der Waals surface area contributed by atoms with E-state index in [1.54, 1.807) is 9.47 Å². The van der Waals surface area contributed by atoms with Crippen molar-refractivity contribution in [3.8, 4) is 5.75 Å². The summed E-state index contributed by atoms with van der Waals surface area (Å²) in [5, 5.41) is 10.1. The van der Waals surface area contributed by atoms with Crippen LogP contribution in [0.3, 0.4) is 0 Å². The summed E-state index contributed by atoms with van der Waals surface area (Å²) in [5.41, 5.74) is 6.22. The van der Waals surface area contributed by atoms with E-state index in [2.05, 4.69) is 37.8 Å². The van der Waals surface area contributed by atoms with Crippen LogP contribution in [0.25, 0.3) is 0 Å². The number of aliphatic hydroxyl groups excluding tert-OH is 1. The SMILES string of the molecule is COc1cc(=O)n2c(c1C(=O)N1CCCC(O)C1)CCN(Cc1cc(C)c(C)cc1C)CC2. The lowest BCUT2D eigenvalue weighted by Crippen LogP contribution is -2.43. The molecular weight excluding hydrogens is 418 g/mol. The van der Waals surface area contributed by atoms with Gasteiger partial charge in [-0.1, -0.05) is 12.1 Å². The van der Waals surface area contributed by atoms with Crippen molar-refractivity contribution in [1.82, 2.24) is 14.4 Å². The highest BCUT2D eigenvalue weighted by atomic mass is 16.5. The fourth-order valence-electron chi connectivity index (χ4n) is 5.07. The average molecular weight is 454 g/mol. The minimum absolute atomic E-state index is 0.138. The number of hydrogen-bond acceptors (Lipinski definition) is 5. The number of methoxy groups -OCH3 is 1. The molecule has 7 nitrogen and oxygen atoms in total. The first kappa shape index (κ1) is 23.5. The van der Waals surface area contributed by atoms with E-state index in [4.69, 9.17) is 4.74 Å². The molecule has 1 fully saturated rings. The topological polar surface area (TPSA) is 75.0 Å². The number of aliphatic hydroxyl groups is 1. The van der Waals surface area contributed by atoms with Gasteiger partial charge in [0, 0.05) is 57.4 Å². The van der Waals surface area contributed by atoms with Crippen molar-refractivity contribution in [2.45, 2.75) is 59.2 Å². The van der Waals surface area contributed by atoms with E-state index in [0.717, 1.165) is 31.7 Å². The van der Waals surface area contributed by atoms with Gasteiger partial charge >= 0.3 is 0 Å². The molecule has 0 radical (unpaired) electrons. The number of pyridine rings is 1. The molecule has 1 aromatic carbocycles. The third kappa shape index (κ3) is 4.84. The monoisotopic (exact) mass is 453 g/mol. The second-order valence-corrected chi connectivity index (χ2v) is 9.46. The molecule has 1 unspecified atom stereocenters. The number of fused-ring (bicyclic) bond motifs is 1. The number of carbonyl (C=O) groups excluding carboxylic acids is 1. The number of amides is 1. The van der Waals surface area contributed by atoms with Crippen LogP contribution < -0.4 is 10.3 Å². The van der Waals surface area contributed by atoms with Gasteiger partial charge in [-0.15, -0.1) is 0 Å². The molecule has 4 rings (SSSR count). The van der Waals surface area contributed by atoms with Crippen LogP contribution in [-0.2, 0) is 19.5 Å². The predicted octanol–water partition coefficient (Wildman–Crippen LogP) is 2.44. The smallest absolute Gasteiger partial charge is 0.259 e. The van der Waals surface area contributed by atoms with Crippen LogP contribution in [-0.4, -0.2) is 64.8 Å². The highest BCUT2D eigenvalue weighted by Gasteiger charge is 2.30. The van der Waals surface area contributed by atoms with Gasteiger partial charge in [0.1, 0.15) is 11.3 Å². The number of aryl methyl sites for hydroxylation is 3. The van der Waals surface area contributed by atoms with E-state index in [1.165, 1.54) is 35.4 Å². The van der Waals surface area contributed by atoms with Crippen LogP contribution in [0.2, 0.25) is 0 Å². The molecular formula is C26H35N3O4. The molecule has 0 bridgehead atoms. The Kier molecular flexibility index (Phi) is 6.91. The molecule has 1 amide bonds. The fraction of sp³-hybridized carbons (Fsp3) is 0.538. The molecule has 2 aliphatic heterocycles. The van der Waals surface area contributed by atoms with Gasteiger partial charge in [0.15, 0.2) is 0 Å². The lowest BCUT2D eigenvalue weighted by atomic mass is 10.0. The van der Waals surface area contributed by atoms with Crippen molar-refractivity contribution in [3.63, 3.8) is 0 Å². The molecule has 0 aliphatic carbocycles. The largest absolute Gasteiger partial charge is 0.496 e. The normalized spacial score (nSPS) is 19.2. The first-order valence-corrected chi connectivity index (χ1v) is 11.9. The Bertz CT molecular complexity index is 1110. The van der Waals surface area contributed by atoms with Crippen molar-refractivity contribution in [2.75, 3.05) is 33.3 Å². The van der Waals surface area contributed by atoms with Gasteiger partial charge < -0.3 is 19.3 Å². The van der Waals surface area contributed by atoms with Crippen molar-refractivity contribution in [1.29, 1.82) is 0 Å². The third-order valence-electron chi connectivity index (χ3n) is 7.15. The Balaban J connectivity index is 1.63. The average Bonchev–Trinajstić information content (AvgIpc) is 3.00. The summed E-state index contributed by atoms with van der Waals surface area (Å²) in [6.45, 7) is 10.2. The van der Waals surface area contributed by atoms with Crippen LogP contribution in [0.5, 0.6) is 5.75 Å². The predicted molar refractivity (Wildman–Crippen MR) is 128 cm³/mol. The lowest BCUT2D eigenvalue weighted by molar-refractivity contribution is 0.0469. The van der Waals surface area contributed by atoms with E-state index in [-0.39, 0.29) is 11.5 Å². The number of benzene rings is 1. The zero-order valence-corrected chi connectivity index (χ0v) is 20.2. The van der Waals surface area contributed by atoms with Crippen LogP contribution in [0.1, 0.15) is 51.1 Å². The number of rotatable bonds is 4. The molecule has 7 heteroatoms. The van der Waals surface area contributed by atoms with Gasteiger partial charge in [-0.05, 0) is 55.9 Å². The van der Waals surface area contributed by atoms with E-state index in [9.17, 15) is 14.7 Å². The van der Waals surface area contributed by atoms with Crippen molar-refractivity contribution in [3.05, 3.63) is 62.1 Å². The molecule has 0 spiro atoms. The van der Waals surface area contributed by atoms with Crippen molar-refractivity contribution < 1.29 is 14.6 Å². The van der Waals surface area contributed by atoms with Gasteiger partial charge in [-0.3, -0.25) is 14.5 Å². The molecule has 33 heavy (non-hydrogen) atoms. The van der Waals surface area contributed by atoms with Gasteiger partial charge in [0.25, 0.3) is 11.5 Å². The molecule has 1 aromatic heterocycles. The number of ether oxygens (including phenoxy) is 1. The molecule has 0 saturated carbocycles. The summed E-state index contributed by atoms with van der Waals surface area (Å²) in [4.78, 5) is 30.5. The Morgan fingerprint density at radius 2 is 1.82 bits per heavy atom. The Hall–Kier alpha value is -2.64. The van der Waals surface area contributed by atoms with Crippen LogP contribution in [0, 0.1) is 20.8 Å². The minimum Gasteiger partial charge on any atom is -0.496 e. The lowest BCUT2D eigenvalue weighted by Gasteiger charge is -2.31. The molecule has 2 aliphatic rings. The summed E-state index contributed by atoms with van der Waals surface area (Å²) in [6, 6.07) is 5.92. The fourth-order valence-corrected chi connectivity index (χ4v) is 5.07. The first-order valence-electron chi connectivity index (χ1n) is 11.9. The molecule has 178 valence electrons. The summed E-state index contributed by atoms with van der Waals surface area (Å²) in [5.74, 6) is 0.169. The maximum absolute atomic E-state index is 13.5. The van der Waals surface area contributed by atoms with Crippen LogP contribution >= 0.6 is 0 Å². The quantitative estimate of drug-likeness (QED) is 0.770. The van der Waals surface area contributed by atoms with Gasteiger partial charge in [-0.2, -0.15) is 0 Å². The number of likely N-dealkylation sites (tertiary alicyclic amines) is 1. The molecule has 2 aromatic rings.